The number of likely N-dealkylation sites (tertiary alicyclic amines) is 1. The first kappa shape index (κ1) is 19.1. The molecule has 1 N–H and O–H groups in total. The van der Waals surface area contributed by atoms with Crippen LogP contribution in [0.25, 0.3) is 6.08 Å². The first-order chi connectivity index (χ1) is 14.3. The summed E-state index contributed by atoms with van der Waals surface area (Å²) in [7, 11) is 0. The minimum absolute atomic E-state index is 0.0444. The fourth-order valence-electron chi connectivity index (χ4n) is 3.66. The van der Waals surface area contributed by atoms with E-state index in [0.29, 0.717) is 26.1 Å². The molecule has 1 fully saturated rings. The first-order valence-electron chi connectivity index (χ1n) is 9.78. The summed E-state index contributed by atoms with van der Waals surface area (Å²) in [4.78, 5) is 15.1. The quantitative estimate of drug-likeness (QED) is 0.630. The van der Waals surface area contributed by atoms with Crippen molar-refractivity contribution in [2.45, 2.75) is 24.9 Å². The Morgan fingerprint density at radius 3 is 2.90 bits per heavy atom. The van der Waals surface area contributed by atoms with E-state index < -0.39 is 0 Å². The van der Waals surface area contributed by atoms with E-state index in [-0.39, 0.29) is 18.0 Å². The van der Waals surface area contributed by atoms with Crippen LogP contribution in [0, 0.1) is 0 Å². The standard InChI is InChI=1S/C21H24N6O2/c28-21(22-11-10-17-6-2-1-3-7-17)20-14-18(27-16-23-24-25-27)15-26(20)12-4-8-19-9-5-13-29-19/h1-9,13,16,18,20H,10-12,14-15H2,(H,22,28)/t18-,20-/m0/s1. The molecule has 8 nitrogen and oxygen atoms in total. The zero-order chi connectivity index (χ0) is 19.9. The number of nitrogens with zero attached hydrogens (tertiary/aromatic N) is 5. The van der Waals surface area contributed by atoms with Crippen molar-refractivity contribution in [3.8, 4) is 0 Å². The van der Waals surface area contributed by atoms with Gasteiger partial charge in [-0.3, -0.25) is 9.69 Å². The lowest BCUT2D eigenvalue weighted by Crippen LogP contribution is -2.43. The van der Waals surface area contributed by atoms with Crippen molar-refractivity contribution in [3.63, 3.8) is 0 Å². The van der Waals surface area contributed by atoms with Gasteiger partial charge in [0.15, 0.2) is 0 Å². The minimum atomic E-state index is -0.221. The summed E-state index contributed by atoms with van der Waals surface area (Å²) in [6, 6.07) is 13.8. The van der Waals surface area contributed by atoms with Crippen molar-refractivity contribution in [1.82, 2.24) is 30.4 Å². The van der Waals surface area contributed by atoms with Crippen LogP contribution in [0.4, 0.5) is 0 Å². The minimum Gasteiger partial charge on any atom is -0.465 e. The average Bonchev–Trinajstić information content (AvgIpc) is 3.50. The summed E-state index contributed by atoms with van der Waals surface area (Å²) in [6.45, 7) is 1.98. The van der Waals surface area contributed by atoms with Crippen LogP contribution in [0.3, 0.4) is 0 Å². The summed E-state index contributed by atoms with van der Waals surface area (Å²) in [5.41, 5.74) is 1.21. The highest BCUT2D eigenvalue weighted by atomic mass is 16.3. The second kappa shape index (κ2) is 9.29. The highest BCUT2D eigenvalue weighted by molar-refractivity contribution is 5.82. The van der Waals surface area contributed by atoms with Gasteiger partial charge in [-0.2, -0.15) is 0 Å². The number of aromatic nitrogens is 4. The van der Waals surface area contributed by atoms with Crippen LogP contribution in [0.15, 0.2) is 65.5 Å². The van der Waals surface area contributed by atoms with Crippen LogP contribution < -0.4 is 5.32 Å². The van der Waals surface area contributed by atoms with Gasteiger partial charge in [0.25, 0.3) is 0 Å². The molecule has 0 spiro atoms. The van der Waals surface area contributed by atoms with Crippen LogP contribution in [0.5, 0.6) is 0 Å². The molecular formula is C21H24N6O2. The molecule has 1 aromatic carbocycles. The van der Waals surface area contributed by atoms with Crippen molar-refractivity contribution in [2.75, 3.05) is 19.6 Å². The monoisotopic (exact) mass is 392 g/mol. The van der Waals surface area contributed by atoms with Gasteiger partial charge < -0.3 is 9.73 Å². The van der Waals surface area contributed by atoms with Crippen LogP contribution in [0.2, 0.25) is 0 Å². The fourth-order valence-corrected chi connectivity index (χ4v) is 3.66. The van der Waals surface area contributed by atoms with Gasteiger partial charge >= 0.3 is 0 Å². The molecule has 3 aromatic rings. The molecule has 0 saturated carbocycles. The zero-order valence-corrected chi connectivity index (χ0v) is 16.1. The van der Waals surface area contributed by atoms with Gasteiger partial charge in [0.05, 0.1) is 18.3 Å². The molecule has 1 amide bonds. The molecule has 29 heavy (non-hydrogen) atoms. The predicted octanol–water partition coefficient (Wildman–Crippen LogP) is 1.95. The second-order valence-corrected chi connectivity index (χ2v) is 7.09. The lowest BCUT2D eigenvalue weighted by atomic mass is 10.1. The van der Waals surface area contributed by atoms with E-state index in [1.54, 1.807) is 17.3 Å². The lowest BCUT2D eigenvalue weighted by molar-refractivity contribution is -0.125. The van der Waals surface area contributed by atoms with Crippen LogP contribution >= 0.6 is 0 Å². The smallest absolute Gasteiger partial charge is 0.237 e. The first-order valence-corrected chi connectivity index (χ1v) is 9.78. The molecule has 4 rings (SSSR count). The third kappa shape index (κ3) is 4.97. The van der Waals surface area contributed by atoms with Crippen molar-refractivity contribution < 1.29 is 9.21 Å². The number of hydrogen-bond donors (Lipinski definition) is 1. The number of amides is 1. The molecule has 3 heterocycles. The maximum atomic E-state index is 12.9. The molecule has 0 unspecified atom stereocenters. The average molecular weight is 392 g/mol. The molecule has 0 radical (unpaired) electrons. The van der Waals surface area contributed by atoms with E-state index in [2.05, 4.69) is 37.9 Å². The number of carbonyl (C=O) groups excluding carboxylic acids is 1. The normalized spacial score (nSPS) is 19.7. The van der Waals surface area contributed by atoms with E-state index >= 15 is 0 Å². The number of carbonyl (C=O) groups is 1. The van der Waals surface area contributed by atoms with Gasteiger partial charge in [-0.25, -0.2) is 4.68 Å². The molecule has 0 bridgehead atoms. The molecule has 0 aliphatic carbocycles. The molecule has 2 atom stereocenters. The SMILES string of the molecule is O=C(NCCc1ccccc1)[C@@H]1C[C@H](n2cnnn2)CN1CC=Cc1ccco1. The third-order valence-electron chi connectivity index (χ3n) is 5.14. The van der Waals surface area contributed by atoms with E-state index in [1.807, 2.05) is 42.5 Å². The third-order valence-corrected chi connectivity index (χ3v) is 5.14. The van der Waals surface area contributed by atoms with Crippen molar-refractivity contribution in [2.24, 2.45) is 0 Å². The van der Waals surface area contributed by atoms with Crippen molar-refractivity contribution >= 4 is 12.0 Å². The van der Waals surface area contributed by atoms with Gasteiger partial charge in [-0.1, -0.05) is 36.4 Å². The highest BCUT2D eigenvalue weighted by Crippen LogP contribution is 2.26. The Morgan fingerprint density at radius 1 is 1.24 bits per heavy atom. The Labute approximate surface area is 169 Å². The summed E-state index contributed by atoms with van der Waals surface area (Å²) < 4.78 is 7.07. The molecule has 1 aliphatic rings. The van der Waals surface area contributed by atoms with Crippen LogP contribution in [-0.2, 0) is 11.2 Å². The zero-order valence-electron chi connectivity index (χ0n) is 16.1. The number of hydrogen-bond acceptors (Lipinski definition) is 6. The van der Waals surface area contributed by atoms with E-state index in [9.17, 15) is 4.79 Å². The Kier molecular flexibility index (Phi) is 6.11. The van der Waals surface area contributed by atoms with E-state index in [4.69, 9.17) is 4.42 Å². The Morgan fingerprint density at radius 2 is 2.14 bits per heavy atom. The van der Waals surface area contributed by atoms with Crippen molar-refractivity contribution in [3.05, 3.63) is 72.5 Å². The molecule has 1 aliphatic heterocycles. The van der Waals surface area contributed by atoms with Gasteiger partial charge in [0.2, 0.25) is 5.91 Å². The van der Waals surface area contributed by atoms with Crippen molar-refractivity contribution in [1.29, 1.82) is 0 Å². The Bertz CT molecular complexity index is 908. The lowest BCUT2D eigenvalue weighted by Gasteiger charge is -2.21. The highest BCUT2D eigenvalue weighted by Gasteiger charge is 2.37. The number of benzene rings is 1. The second-order valence-electron chi connectivity index (χ2n) is 7.09. The molecule has 2 aromatic heterocycles. The van der Waals surface area contributed by atoms with Crippen LogP contribution in [-0.4, -0.2) is 56.7 Å². The van der Waals surface area contributed by atoms with Gasteiger partial charge in [-0.15, -0.1) is 5.10 Å². The fraction of sp³-hybridized carbons (Fsp3) is 0.333. The van der Waals surface area contributed by atoms with E-state index in [1.165, 1.54) is 5.56 Å². The number of furan rings is 1. The van der Waals surface area contributed by atoms with Gasteiger partial charge in [0, 0.05) is 19.6 Å². The summed E-state index contributed by atoms with van der Waals surface area (Å²) in [5.74, 6) is 0.841. The molecule has 150 valence electrons. The topological polar surface area (TPSA) is 89.1 Å². The number of tetrazole rings is 1. The molecule has 1 saturated heterocycles. The largest absolute Gasteiger partial charge is 0.465 e. The number of rotatable bonds is 8. The maximum absolute atomic E-state index is 12.9. The number of nitrogens with one attached hydrogen (secondary N) is 1. The Hall–Kier alpha value is -3.26. The summed E-state index contributed by atoms with van der Waals surface area (Å²) in [5, 5.41) is 14.6. The summed E-state index contributed by atoms with van der Waals surface area (Å²) >= 11 is 0. The summed E-state index contributed by atoms with van der Waals surface area (Å²) in [6.07, 6.45) is 8.69. The van der Waals surface area contributed by atoms with Gasteiger partial charge in [0.1, 0.15) is 12.1 Å². The predicted molar refractivity (Wildman–Crippen MR) is 108 cm³/mol. The van der Waals surface area contributed by atoms with E-state index in [0.717, 1.165) is 12.2 Å². The van der Waals surface area contributed by atoms with Gasteiger partial charge in [-0.05, 0) is 47.0 Å². The molecule has 8 heteroatoms. The maximum Gasteiger partial charge on any atom is 0.237 e. The Balaban J connectivity index is 1.37. The van der Waals surface area contributed by atoms with Crippen LogP contribution in [0.1, 0.15) is 23.8 Å². The molecular weight excluding hydrogens is 368 g/mol.